The molecule has 4 heteroatoms. The quantitative estimate of drug-likeness (QED) is 0.708. The van der Waals surface area contributed by atoms with Crippen molar-refractivity contribution < 1.29 is 19.4 Å². The van der Waals surface area contributed by atoms with Crippen molar-refractivity contribution in [3.63, 3.8) is 0 Å². The minimum atomic E-state index is -1.42. The summed E-state index contributed by atoms with van der Waals surface area (Å²) in [5.41, 5.74) is -1.42. The molecule has 12 heavy (non-hydrogen) atoms. The molecule has 0 radical (unpaired) electrons. The fraction of sp³-hybridized carbons (Fsp3) is 0.375. The molecule has 2 N–H and O–H groups in total. The Balaban J connectivity index is 2.79. The first-order valence-electron chi connectivity index (χ1n) is 3.50. The molecule has 4 nitrogen and oxygen atoms in total. The molecule has 1 aromatic heterocycles. The van der Waals surface area contributed by atoms with E-state index in [4.69, 9.17) is 9.52 Å². The average molecular weight is 170 g/mol. The molecule has 0 saturated carbocycles. The Morgan fingerprint density at radius 2 is 2.42 bits per heavy atom. The summed E-state index contributed by atoms with van der Waals surface area (Å²) in [7, 11) is 0. The van der Waals surface area contributed by atoms with E-state index in [2.05, 4.69) is 0 Å². The zero-order chi connectivity index (χ0) is 9.19. The third-order valence-electron chi connectivity index (χ3n) is 1.55. The van der Waals surface area contributed by atoms with Crippen LogP contribution in [0.2, 0.25) is 0 Å². The Morgan fingerprint density at radius 3 is 2.83 bits per heavy atom. The standard InChI is InChI=1S/C8H10O4/c1-8(11,5-7(9)10)6-3-2-4-12-6/h2-4,11H,5H2,1H3,(H,9,10)/t8-/m0/s1. The largest absolute Gasteiger partial charge is 0.481 e. The van der Waals surface area contributed by atoms with Gasteiger partial charge in [-0.25, -0.2) is 0 Å². The van der Waals surface area contributed by atoms with E-state index in [9.17, 15) is 9.90 Å². The van der Waals surface area contributed by atoms with Crippen molar-refractivity contribution in [1.29, 1.82) is 0 Å². The summed E-state index contributed by atoms with van der Waals surface area (Å²) < 4.78 is 4.89. The minimum absolute atomic E-state index is 0.268. The van der Waals surface area contributed by atoms with Crippen molar-refractivity contribution in [2.45, 2.75) is 18.9 Å². The van der Waals surface area contributed by atoms with E-state index in [1.807, 2.05) is 0 Å². The SMILES string of the molecule is C[C@](O)(CC(=O)O)c1ccco1. The van der Waals surface area contributed by atoms with E-state index in [-0.39, 0.29) is 12.2 Å². The van der Waals surface area contributed by atoms with Gasteiger partial charge in [0.05, 0.1) is 12.7 Å². The van der Waals surface area contributed by atoms with Gasteiger partial charge in [-0.15, -0.1) is 0 Å². The van der Waals surface area contributed by atoms with Crippen LogP contribution in [0.3, 0.4) is 0 Å². The molecule has 1 aromatic rings. The van der Waals surface area contributed by atoms with E-state index >= 15 is 0 Å². The van der Waals surface area contributed by atoms with Crippen LogP contribution in [0.4, 0.5) is 0 Å². The normalized spacial score (nSPS) is 15.5. The highest BCUT2D eigenvalue weighted by Gasteiger charge is 2.29. The van der Waals surface area contributed by atoms with Crippen LogP contribution >= 0.6 is 0 Å². The Hall–Kier alpha value is -1.29. The van der Waals surface area contributed by atoms with Crippen molar-refractivity contribution in [3.8, 4) is 0 Å². The average Bonchev–Trinajstić information content (AvgIpc) is 2.32. The van der Waals surface area contributed by atoms with Gasteiger partial charge in [-0.05, 0) is 19.1 Å². The van der Waals surface area contributed by atoms with Gasteiger partial charge in [0.15, 0.2) is 0 Å². The van der Waals surface area contributed by atoms with Crippen LogP contribution in [0.15, 0.2) is 22.8 Å². The summed E-state index contributed by atoms with van der Waals surface area (Å²) >= 11 is 0. The van der Waals surface area contributed by atoms with Crippen molar-refractivity contribution in [2.24, 2.45) is 0 Å². The smallest absolute Gasteiger partial charge is 0.306 e. The molecule has 66 valence electrons. The van der Waals surface area contributed by atoms with Crippen LogP contribution in [0, 0.1) is 0 Å². The lowest BCUT2D eigenvalue weighted by atomic mass is 10.00. The van der Waals surface area contributed by atoms with Gasteiger partial charge in [-0.2, -0.15) is 0 Å². The van der Waals surface area contributed by atoms with Gasteiger partial charge < -0.3 is 14.6 Å². The number of hydrogen-bond donors (Lipinski definition) is 2. The third-order valence-corrected chi connectivity index (χ3v) is 1.55. The van der Waals surface area contributed by atoms with Gasteiger partial charge in [-0.1, -0.05) is 0 Å². The lowest BCUT2D eigenvalue weighted by Gasteiger charge is -2.17. The number of hydrogen-bond acceptors (Lipinski definition) is 3. The Kier molecular flexibility index (Phi) is 2.19. The Morgan fingerprint density at radius 1 is 1.75 bits per heavy atom. The fourth-order valence-electron chi connectivity index (χ4n) is 0.967. The number of aliphatic hydroxyl groups is 1. The molecule has 0 aliphatic rings. The number of carbonyl (C=O) groups is 1. The maximum absolute atomic E-state index is 10.3. The van der Waals surface area contributed by atoms with Crippen LogP contribution < -0.4 is 0 Å². The highest BCUT2D eigenvalue weighted by atomic mass is 16.4. The van der Waals surface area contributed by atoms with Crippen LogP contribution in [-0.4, -0.2) is 16.2 Å². The zero-order valence-electron chi connectivity index (χ0n) is 6.65. The van der Waals surface area contributed by atoms with E-state index in [1.54, 1.807) is 12.1 Å². The van der Waals surface area contributed by atoms with Crippen molar-refractivity contribution in [3.05, 3.63) is 24.2 Å². The number of aliphatic carboxylic acids is 1. The highest BCUT2D eigenvalue weighted by Crippen LogP contribution is 2.24. The first-order valence-corrected chi connectivity index (χ1v) is 3.50. The Labute approximate surface area is 69.4 Å². The maximum atomic E-state index is 10.3. The first kappa shape index (κ1) is 8.80. The number of carboxylic acid groups (broad SMARTS) is 1. The predicted octanol–water partition coefficient (Wildman–Crippen LogP) is 0.962. The number of carboxylic acids is 1. The maximum Gasteiger partial charge on any atom is 0.306 e. The van der Waals surface area contributed by atoms with Crippen LogP contribution in [0.5, 0.6) is 0 Å². The predicted molar refractivity (Wildman–Crippen MR) is 40.5 cm³/mol. The van der Waals surface area contributed by atoms with E-state index in [1.165, 1.54) is 13.2 Å². The summed E-state index contributed by atoms with van der Waals surface area (Å²) in [6.07, 6.45) is 1.03. The van der Waals surface area contributed by atoms with Gasteiger partial charge in [-0.3, -0.25) is 4.79 Å². The van der Waals surface area contributed by atoms with Gasteiger partial charge in [0.1, 0.15) is 11.4 Å². The number of rotatable bonds is 3. The van der Waals surface area contributed by atoms with Gasteiger partial charge in [0.25, 0.3) is 0 Å². The molecule has 1 atom stereocenters. The highest BCUT2D eigenvalue weighted by molar-refractivity contribution is 5.68. The van der Waals surface area contributed by atoms with E-state index < -0.39 is 11.6 Å². The second-order valence-corrected chi connectivity index (χ2v) is 2.82. The molecule has 1 heterocycles. The molecule has 0 spiro atoms. The van der Waals surface area contributed by atoms with Gasteiger partial charge in [0.2, 0.25) is 0 Å². The lowest BCUT2D eigenvalue weighted by Crippen LogP contribution is -2.24. The molecule has 0 saturated heterocycles. The van der Waals surface area contributed by atoms with Crippen molar-refractivity contribution >= 4 is 5.97 Å². The summed E-state index contributed by atoms with van der Waals surface area (Å²) in [6.45, 7) is 1.40. The summed E-state index contributed by atoms with van der Waals surface area (Å²) in [5.74, 6) is -0.790. The molecule has 0 aliphatic heterocycles. The van der Waals surface area contributed by atoms with Crippen molar-refractivity contribution in [2.75, 3.05) is 0 Å². The molecule has 0 aromatic carbocycles. The zero-order valence-corrected chi connectivity index (χ0v) is 6.65. The topological polar surface area (TPSA) is 70.7 Å². The monoisotopic (exact) mass is 170 g/mol. The van der Waals surface area contributed by atoms with E-state index in [0.717, 1.165) is 0 Å². The molecule has 0 fully saturated rings. The van der Waals surface area contributed by atoms with Crippen LogP contribution in [0.1, 0.15) is 19.1 Å². The fourth-order valence-corrected chi connectivity index (χ4v) is 0.967. The molecular weight excluding hydrogens is 160 g/mol. The summed E-state index contributed by atoms with van der Waals surface area (Å²) in [6, 6.07) is 3.15. The molecule has 1 rings (SSSR count). The molecule has 0 aliphatic carbocycles. The minimum Gasteiger partial charge on any atom is -0.481 e. The van der Waals surface area contributed by atoms with Crippen LogP contribution in [0.25, 0.3) is 0 Å². The van der Waals surface area contributed by atoms with Crippen molar-refractivity contribution in [1.82, 2.24) is 0 Å². The number of furan rings is 1. The third kappa shape index (κ3) is 1.85. The van der Waals surface area contributed by atoms with Gasteiger partial charge in [0, 0.05) is 0 Å². The second kappa shape index (κ2) is 2.98. The Bertz CT molecular complexity index is 261. The molecule has 0 amide bonds. The second-order valence-electron chi connectivity index (χ2n) is 2.82. The van der Waals surface area contributed by atoms with Crippen LogP contribution in [-0.2, 0) is 10.4 Å². The van der Waals surface area contributed by atoms with Gasteiger partial charge >= 0.3 is 5.97 Å². The summed E-state index contributed by atoms with van der Waals surface area (Å²) in [5, 5.41) is 18.0. The first-order chi connectivity index (χ1) is 5.52. The van der Waals surface area contributed by atoms with E-state index in [0.29, 0.717) is 0 Å². The lowest BCUT2D eigenvalue weighted by molar-refractivity contribution is -0.142. The molecular formula is C8H10O4. The summed E-state index contributed by atoms with van der Waals surface area (Å²) in [4.78, 5) is 10.3. The molecule has 0 bridgehead atoms. The molecule has 0 unspecified atom stereocenters.